The molecule has 0 aromatic heterocycles. The van der Waals surface area contributed by atoms with Crippen LogP contribution in [0.1, 0.15) is 9.78 Å². The van der Waals surface area contributed by atoms with Crippen molar-refractivity contribution in [1.29, 1.82) is 0 Å². The van der Waals surface area contributed by atoms with Crippen LogP contribution >= 0.6 is 0 Å². The van der Waals surface area contributed by atoms with Gasteiger partial charge in [-0.1, -0.05) is 0 Å². The molecule has 0 radical (unpaired) electrons. The summed E-state index contributed by atoms with van der Waals surface area (Å²) in [4.78, 5) is 12.5. The Balaban J connectivity index is -0.0000000267. The zero-order chi connectivity index (χ0) is 4.28. The van der Waals surface area contributed by atoms with Gasteiger partial charge in [-0.2, -0.15) is 5.26 Å². The van der Waals surface area contributed by atoms with E-state index in [9.17, 15) is 4.79 Å². The van der Waals surface area contributed by atoms with Crippen LogP contribution in [0.25, 0.3) is 0 Å². The molecule has 0 saturated heterocycles. The van der Waals surface area contributed by atoms with Gasteiger partial charge in [-0.25, -0.2) is 4.79 Å². The van der Waals surface area contributed by atoms with E-state index in [1.165, 1.54) is 0 Å². The molecule has 0 aromatic rings. The zero-order valence-electron chi connectivity index (χ0n) is 5.47. The van der Waals surface area contributed by atoms with Gasteiger partial charge in [0.05, 0.1) is 0 Å². The molecule has 0 rings (SSSR count). The van der Waals surface area contributed by atoms with Crippen LogP contribution in [0.3, 0.4) is 0 Å². The van der Waals surface area contributed by atoms with Crippen molar-refractivity contribution < 1.29 is 17.8 Å². The molecule has 0 saturated carbocycles. The molecule has 0 aromatic carbocycles. The molecule has 6 heavy (non-hydrogen) atoms. The van der Waals surface area contributed by atoms with Gasteiger partial charge >= 0.3 is 29.0 Å². The van der Waals surface area contributed by atoms with Gasteiger partial charge in [-0.05, 0) is 0 Å². The number of hydrogen-bond donors (Lipinski definition) is 1. The van der Waals surface area contributed by atoms with Crippen molar-refractivity contribution in [3.05, 3.63) is 0 Å². The molecule has 0 aliphatic carbocycles. The molecular weight excluding hydrogens is 96.3 g/mol. The molecule has 0 fully saturated rings. The smallest absolute Gasteiger partial charge is 1.00 e. The van der Waals surface area contributed by atoms with E-state index in [0.29, 0.717) is 0 Å². The van der Waals surface area contributed by atoms with Gasteiger partial charge in [-0.3, -0.25) is 0 Å². The summed E-state index contributed by atoms with van der Waals surface area (Å²) in [7, 11) is 0. The van der Waals surface area contributed by atoms with E-state index < -0.39 is 5.97 Å². The van der Waals surface area contributed by atoms with Crippen LogP contribution in [0.5, 0.6) is 0 Å². The minimum absolute atomic E-state index is 0. The fraction of sp³-hybridized carbons (Fsp3) is 0.500. The summed E-state index contributed by atoms with van der Waals surface area (Å²) in [5, 5.41) is 7.29. The van der Waals surface area contributed by atoms with Crippen LogP contribution < -0.4 is 0 Å². The Labute approximate surface area is 54.3 Å². The van der Waals surface area contributed by atoms with E-state index >= 15 is 0 Å². The third kappa shape index (κ3) is 8.89. The predicted octanol–water partition coefficient (Wildman–Crippen LogP) is -0.133. The summed E-state index contributed by atoms with van der Waals surface area (Å²) in [5.74, 6) is -0.690. The van der Waals surface area contributed by atoms with Crippen molar-refractivity contribution in [3.63, 3.8) is 0 Å². The molecule has 1 N–H and O–H groups in total. The Morgan fingerprint density at radius 1 is 2.00 bits per heavy atom. The number of carbonyl (C=O) groups is 1. The summed E-state index contributed by atoms with van der Waals surface area (Å²) >= 11 is 0. The Morgan fingerprint density at radius 2 is 2.17 bits per heavy atom. The van der Waals surface area contributed by atoms with Crippen LogP contribution in [-0.2, 0) is 9.68 Å². The summed E-state index contributed by atoms with van der Waals surface area (Å²) in [6, 6.07) is 0. The maximum atomic E-state index is 9.34. The van der Waals surface area contributed by atoms with Gasteiger partial charge in [0.25, 0.3) is 0 Å². The maximum absolute atomic E-state index is 9.34. The molecule has 0 aliphatic heterocycles. The van der Waals surface area contributed by atoms with Crippen molar-refractivity contribution in [3.8, 4) is 0 Å². The van der Waals surface area contributed by atoms with Gasteiger partial charge in [-0.15, -0.1) is 0 Å². The first kappa shape index (κ1) is 9.50. The Hall–Kier alpha value is 0.196. The van der Waals surface area contributed by atoms with E-state index in [-0.39, 0.29) is 25.9 Å². The minimum atomic E-state index is -0.690. The zero-order valence-corrected chi connectivity index (χ0v) is 4.89. The van der Waals surface area contributed by atoms with Crippen molar-refractivity contribution in [2.24, 2.45) is 0 Å². The average Bonchev–Trinajstić information content (AvgIpc) is 1.38. The van der Waals surface area contributed by atoms with Crippen LogP contribution in [-0.4, -0.2) is 34.3 Å². The molecule has 4 heteroatoms. The van der Waals surface area contributed by atoms with Crippen molar-refractivity contribution in [2.75, 3.05) is 0 Å². The number of rotatable bonds is 0. The Bertz CT molecular complexity index is 50.5. The molecule has 0 bridgehead atoms. The van der Waals surface area contributed by atoms with Gasteiger partial charge in [0.1, 0.15) is 0 Å². The first-order valence-corrected chi connectivity index (χ1v) is 1.09. The largest absolute Gasteiger partial charge is 2.00 e. The molecule has 3 nitrogen and oxygen atoms in total. The summed E-state index contributed by atoms with van der Waals surface area (Å²) in [6.45, 7) is 1.11. The van der Waals surface area contributed by atoms with Crippen LogP contribution in [0.2, 0.25) is 0 Å². The van der Waals surface area contributed by atoms with E-state index in [0.717, 1.165) is 6.92 Å². The Morgan fingerprint density at radius 3 is 2.17 bits per heavy atom. The minimum Gasteiger partial charge on any atom is -1.00 e. The van der Waals surface area contributed by atoms with Crippen molar-refractivity contribution in [1.82, 2.24) is 0 Å². The van der Waals surface area contributed by atoms with E-state index in [2.05, 4.69) is 4.89 Å². The second-order valence-corrected chi connectivity index (χ2v) is 0.583. The monoisotopic (exact) mass is 102 g/mol. The quantitative estimate of drug-likeness (QED) is 0.263. The summed E-state index contributed by atoms with van der Waals surface area (Å²) in [5.41, 5.74) is 0. The molecule has 0 heterocycles. The van der Waals surface area contributed by atoms with Gasteiger partial charge in [0.15, 0.2) is 0 Å². The van der Waals surface area contributed by atoms with Crippen LogP contribution in [0.4, 0.5) is 0 Å². The van der Waals surface area contributed by atoms with E-state index in [1.807, 2.05) is 0 Å². The molecule has 0 spiro atoms. The summed E-state index contributed by atoms with van der Waals surface area (Å²) < 4.78 is 0. The Kier molecular flexibility index (Phi) is 8.23. The van der Waals surface area contributed by atoms with Gasteiger partial charge in [0.2, 0.25) is 0 Å². The van der Waals surface area contributed by atoms with Crippen molar-refractivity contribution in [2.45, 2.75) is 6.92 Å². The first-order valence-electron chi connectivity index (χ1n) is 1.09. The molecule has 0 atom stereocenters. The normalized spacial score (nSPS) is 5.67. The molecular formula is C2H6MgO3. The average molecular weight is 102 g/mol. The third-order valence-electron chi connectivity index (χ3n) is 0.129. The topological polar surface area (TPSA) is 46.5 Å². The summed E-state index contributed by atoms with van der Waals surface area (Å²) in [6.07, 6.45) is 0. The van der Waals surface area contributed by atoms with Crippen molar-refractivity contribution >= 4 is 29.0 Å². The van der Waals surface area contributed by atoms with Gasteiger partial charge < -0.3 is 7.74 Å². The van der Waals surface area contributed by atoms with E-state index in [4.69, 9.17) is 5.26 Å². The number of carbonyl (C=O) groups excluding carboxylic acids is 1. The van der Waals surface area contributed by atoms with Crippen LogP contribution in [0, 0.1) is 0 Å². The fourth-order valence-electron chi connectivity index (χ4n) is 0. The first-order chi connectivity index (χ1) is 2.27. The molecule has 34 valence electrons. The fourth-order valence-corrected chi connectivity index (χ4v) is 0. The van der Waals surface area contributed by atoms with Gasteiger partial charge in [0, 0.05) is 6.92 Å². The molecule has 0 unspecified atom stereocenters. The number of hydrogen-bond acceptors (Lipinski definition) is 3. The van der Waals surface area contributed by atoms with E-state index in [1.54, 1.807) is 0 Å². The second kappa shape index (κ2) is 5.20. The maximum Gasteiger partial charge on any atom is 2.00 e. The molecule has 0 amide bonds. The van der Waals surface area contributed by atoms with Crippen LogP contribution in [0.15, 0.2) is 0 Å². The third-order valence-corrected chi connectivity index (χ3v) is 0.129. The molecule has 0 aliphatic rings. The second-order valence-electron chi connectivity index (χ2n) is 0.583. The SMILES string of the molecule is CC(=O)OO.[H-].[H-].[Mg+2]. The predicted molar refractivity (Wildman–Crippen MR) is 22.4 cm³/mol. The standard InChI is InChI=1S/C2H4O3.Mg.2H/c1-2(3)5-4;;;/h4H,1H3;;;/q;+2;2*-1.